The van der Waals surface area contributed by atoms with Gasteiger partial charge < -0.3 is 8.83 Å². The van der Waals surface area contributed by atoms with Gasteiger partial charge in [-0.05, 0) is 63.4 Å². The van der Waals surface area contributed by atoms with E-state index < -0.39 is 0 Å². The Bertz CT molecular complexity index is 2600. The van der Waals surface area contributed by atoms with Crippen molar-refractivity contribution >= 4 is 54.8 Å². The molecular formula is C40H22N2O2. The molecule has 0 aliphatic carbocycles. The Balaban J connectivity index is 1.22. The molecule has 9 aromatic rings. The highest BCUT2D eigenvalue weighted by atomic mass is 16.4. The smallest absolute Gasteiger partial charge is 0.197 e. The number of hydrogen-bond acceptors (Lipinski definition) is 4. The summed E-state index contributed by atoms with van der Waals surface area (Å²) < 4.78 is 12.7. The summed E-state index contributed by atoms with van der Waals surface area (Å²) in [6.45, 7) is 0. The van der Waals surface area contributed by atoms with E-state index in [9.17, 15) is 5.26 Å². The molecule has 0 bridgehead atoms. The standard InChI is InChI=1S/C40H22N2O2/c41-23-24-13-15-25(16-14-24)28-21-22-29(31-8-2-1-7-30(28)31)26-17-19-27(20-18-26)37-36-32-9-3-5-11-34(32)43-39(36)40-38(42-37)33-10-4-6-12-35(33)44-40/h1-22H. The third kappa shape index (κ3) is 3.60. The maximum absolute atomic E-state index is 9.23. The second-order valence-electron chi connectivity index (χ2n) is 11.0. The average Bonchev–Trinajstić information content (AvgIpc) is 3.67. The first-order chi connectivity index (χ1) is 21.8. The van der Waals surface area contributed by atoms with E-state index in [4.69, 9.17) is 13.8 Å². The molecule has 0 amide bonds. The quantitative estimate of drug-likeness (QED) is 0.215. The average molecular weight is 563 g/mol. The second-order valence-corrected chi connectivity index (χ2v) is 11.0. The second kappa shape index (κ2) is 9.42. The van der Waals surface area contributed by atoms with E-state index in [1.807, 2.05) is 66.7 Å². The van der Waals surface area contributed by atoms with Crippen molar-refractivity contribution in [2.45, 2.75) is 0 Å². The normalized spacial score (nSPS) is 11.6. The van der Waals surface area contributed by atoms with Crippen LogP contribution in [0.3, 0.4) is 0 Å². The Hall–Kier alpha value is -6.18. The Labute approximate surface area is 252 Å². The highest BCUT2D eigenvalue weighted by Crippen LogP contribution is 2.43. The zero-order valence-corrected chi connectivity index (χ0v) is 23.4. The van der Waals surface area contributed by atoms with E-state index in [1.165, 1.54) is 10.8 Å². The third-order valence-corrected chi connectivity index (χ3v) is 8.55. The van der Waals surface area contributed by atoms with Crippen LogP contribution in [0.2, 0.25) is 0 Å². The molecule has 0 aliphatic rings. The largest absolute Gasteiger partial charge is 0.452 e. The molecule has 0 aliphatic heterocycles. The van der Waals surface area contributed by atoms with Crippen molar-refractivity contribution in [2.24, 2.45) is 0 Å². The van der Waals surface area contributed by atoms with Gasteiger partial charge in [0, 0.05) is 16.3 Å². The van der Waals surface area contributed by atoms with E-state index in [0.29, 0.717) is 11.1 Å². The van der Waals surface area contributed by atoms with Crippen LogP contribution < -0.4 is 0 Å². The van der Waals surface area contributed by atoms with E-state index >= 15 is 0 Å². The number of nitriles is 1. The summed E-state index contributed by atoms with van der Waals surface area (Å²) in [5, 5.41) is 14.5. The highest BCUT2D eigenvalue weighted by molar-refractivity contribution is 6.21. The molecule has 3 aromatic heterocycles. The first kappa shape index (κ1) is 24.4. The topological polar surface area (TPSA) is 63.0 Å². The van der Waals surface area contributed by atoms with Crippen LogP contribution in [0, 0.1) is 11.3 Å². The zero-order valence-electron chi connectivity index (χ0n) is 23.4. The molecule has 0 saturated heterocycles. The van der Waals surface area contributed by atoms with Gasteiger partial charge in [-0.2, -0.15) is 5.26 Å². The number of nitrogens with zero attached hydrogens (tertiary/aromatic N) is 2. The van der Waals surface area contributed by atoms with Crippen molar-refractivity contribution in [3.05, 3.63) is 139 Å². The van der Waals surface area contributed by atoms with E-state index in [-0.39, 0.29) is 0 Å². The lowest BCUT2D eigenvalue weighted by atomic mass is 9.91. The molecule has 0 fully saturated rings. The molecule has 4 heteroatoms. The van der Waals surface area contributed by atoms with Gasteiger partial charge in [0.2, 0.25) is 0 Å². The molecule has 204 valence electrons. The number of fused-ring (bicyclic) bond motifs is 8. The zero-order chi connectivity index (χ0) is 29.2. The minimum Gasteiger partial charge on any atom is -0.452 e. The van der Waals surface area contributed by atoms with Gasteiger partial charge in [0.15, 0.2) is 11.2 Å². The number of pyridine rings is 1. The summed E-state index contributed by atoms with van der Waals surface area (Å²) >= 11 is 0. The number of furan rings is 2. The summed E-state index contributed by atoms with van der Waals surface area (Å²) in [6, 6.07) is 47.6. The van der Waals surface area contributed by atoms with Crippen LogP contribution in [-0.4, -0.2) is 4.98 Å². The maximum Gasteiger partial charge on any atom is 0.197 e. The van der Waals surface area contributed by atoms with Crippen molar-refractivity contribution < 1.29 is 8.83 Å². The fourth-order valence-electron chi connectivity index (χ4n) is 6.45. The molecular weight excluding hydrogens is 540 g/mol. The van der Waals surface area contributed by atoms with Crippen molar-refractivity contribution in [2.75, 3.05) is 0 Å². The lowest BCUT2D eigenvalue weighted by Gasteiger charge is -2.13. The SMILES string of the molecule is N#Cc1ccc(-c2ccc(-c3ccc(-c4nc5c6ccccc6oc5c5oc6ccccc6c45)cc3)c3ccccc23)cc1. The van der Waals surface area contributed by atoms with Gasteiger partial charge in [-0.3, -0.25) is 0 Å². The Kier molecular flexibility index (Phi) is 5.23. The molecule has 0 N–H and O–H groups in total. The monoisotopic (exact) mass is 562 g/mol. The van der Waals surface area contributed by atoms with Crippen molar-refractivity contribution in [1.82, 2.24) is 4.98 Å². The lowest BCUT2D eigenvalue weighted by Crippen LogP contribution is -1.89. The molecule has 0 spiro atoms. The Morgan fingerprint density at radius 3 is 1.61 bits per heavy atom. The van der Waals surface area contributed by atoms with E-state index in [0.717, 1.165) is 71.9 Å². The molecule has 3 heterocycles. The van der Waals surface area contributed by atoms with Crippen LogP contribution in [0.15, 0.2) is 142 Å². The van der Waals surface area contributed by atoms with Crippen LogP contribution >= 0.6 is 0 Å². The summed E-state index contributed by atoms with van der Waals surface area (Å²) in [5.74, 6) is 0. The number of aromatic nitrogens is 1. The molecule has 0 unspecified atom stereocenters. The predicted molar refractivity (Wildman–Crippen MR) is 177 cm³/mol. The number of benzene rings is 6. The highest BCUT2D eigenvalue weighted by Gasteiger charge is 2.22. The maximum atomic E-state index is 9.23. The summed E-state index contributed by atoms with van der Waals surface area (Å²) in [7, 11) is 0. The minimum absolute atomic E-state index is 0.657. The van der Waals surface area contributed by atoms with Gasteiger partial charge in [-0.15, -0.1) is 0 Å². The fraction of sp³-hybridized carbons (Fsp3) is 0. The molecule has 6 aromatic carbocycles. The fourth-order valence-corrected chi connectivity index (χ4v) is 6.45. The van der Waals surface area contributed by atoms with E-state index in [2.05, 4.69) is 72.8 Å². The summed E-state index contributed by atoms with van der Waals surface area (Å²) in [6.07, 6.45) is 0. The van der Waals surface area contributed by atoms with Gasteiger partial charge in [0.25, 0.3) is 0 Å². The number of rotatable bonds is 3. The summed E-state index contributed by atoms with van der Waals surface area (Å²) in [4.78, 5) is 5.22. The van der Waals surface area contributed by atoms with Crippen LogP contribution in [0.1, 0.15) is 5.56 Å². The van der Waals surface area contributed by atoms with Crippen LogP contribution in [0.5, 0.6) is 0 Å². The molecule has 0 atom stereocenters. The number of hydrogen-bond donors (Lipinski definition) is 0. The molecule has 4 nitrogen and oxygen atoms in total. The van der Waals surface area contributed by atoms with Gasteiger partial charge in [0.1, 0.15) is 16.7 Å². The molecule has 0 radical (unpaired) electrons. The van der Waals surface area contributed by atoms with Crippen molar-refractivity contribution in [1.29, 1.82) is 5.26 Å². The molecule has 9 rings (SSSR count). The molecule has 0 saturated carbocycles. The van der Waals surface area contributed by atoms with E-state index in [1.54, 1.807) is 0 Å². The Morgan fingerprint density at radius 1 is 0.477 bits per heavy atom. The predicted octanol–water partition coefficient (Wildman–Crippen LogP) is 10.9. The summed E-state index contributed by atoms with van der Waals surface area (Å²) in [5.41, 5.74) is 10.9. The van der Waals surface area contributed by atoms with Gasteiger partial charge >= 0.3 is 0 Å². The molecule has 44 heavy (non-hydrogen) atoms. The van der Waals surface area contributed by atoms with Crippen LogP contribution in [0.4, 0.5) is 0 Å². The van der Waals surface area contributed by atoms with Gasteiger partial charge in [-0.1, -0.05) is 103 Å². The third-order valence-electron chi connectivity index (χ3n) is 8.55. The van der Waals surface area contributed by atoms with Crippen molar-refractivity contribution in [3.63, 3.8) is 0 Å². The van der Waals surface area contributed by atoms with Crippen molar-refractivity contribution in [3.8, 4) is 39.6 Å². The Morgan fingerprint density at radius 2 is 0.977 bits per heavy atom. The minimum atomic E-state index is 0.657. The first-order valence-corrected chi connectivity index (χ1v) is 14.5. The lowest BCUT2D eigenvalue weighted by molar-refractivity contribution is 0.633. The van der Waals surface area contributed by atoms with Crippen LogP contribution in [-0.2, 0) is 0 Å². The van der Waals surface area contributed by atoms with Gasteiger partial charge in [0.05, 0.1) is 22.7 Å². The van der Waals surface area contributed by atoms with Crippen LogP contribution in [0.25, 0.3) is 88.3 Å². The first-order valence-electron chi connectivity index (χ1n) is 14.5. The number of para-hydroxylation sites is 2. The van der Waals surface area contributed by atoms with Gasteiger partial charge in [-0.25, -0.2) is 4.98 Å².